The second-order valence-corrected chi connectivity index (χ2v) is 11.0. The maximum atomic E-state index is 10.6. The lowest BCUT2D eigenvalue weighted by Crippen LogP contribution is -2.28. The predicted molar refractivity (Wildman–Crippen MR) is 137 cm³/mol. The molecule has 3 nitrogen and oxygen atoms in total. The topological polar surface area (TPSA) is 38.8 Å². The predicted octanol–water partition coefficient (Wildman–Crippen LogP) is 8.44. The van der Waals surface area contributed by atoms with Gasteiger partial charge in [-0.15, -0.1) is 0 Å². The number of carbonyl (C=O) groups excluding carboxylic acids is 1. The van der Waals surface area contributed by atoms with Crippen molar-refractivity contribution < 1.29 is 14.3 Å². The van der Waals surface area contributed by atoms with E-state index in [4.69, 9.17) is 9.47 Å². The van der Waals surface area contributed by atoms with Crippen LogP contribution in [0.5, 0.6) is 0 Å². The highest BCUT2D eigenvalue weighted by Gasteiger charge is 2.49. The van der Waals surface area contributed by atoms with Gasteiger partial charge in [0.15, 0.2) is 0 Å². The molecule has 0 aromatic heterocycles. The molecular weight excluding hydrogens is 396 g/mol. The van der Waals surface area contributed by atoms with Gasteiger partial charge in [-0.25, -0.2) is 0 Å². The molecule has 32 heavy (non-hydrogen) atoms. The SMILES string of the molecule is C.C1CC2C3CCC(C3)C2C1.CC.CC1CC2OC2CC1C.CCC(C)(CC)OC(C)=O. The fourth-order valence-corrected chi connectivity index (χ4v) is 6.55. The molecule has 5 fully saturated rings. The van der Waals surface area contributed by atoms with E-state index in [1.54, 1.807) is 38.5 Å². The minimum atomic E-state index is -0.244. The van der Waals surface area contributed by atoms with Gasteiger partial charge < -0.3 is 9.47 Å². The number of carbonyl (C=O) groups is 1. The highest BCUT2D eigenvalue weighted by atomic mass is 16.6. The number of rotatable bonds is 3. The third-order valence-corrected chi connectivity index (χ3v) is 9.10. The zero-order chi connectivity index (χ0) is 23.2. The van der Waals surface area contributed by atoms with Gasteiger partial charge in [0.1, 0.15) is 5.60 Å². The summed E-state index contributed by atoms with van der Waals surface area (Å²) >= 11 is 0. The standard InChI is InChI=1S/C10H16.C8H16O2.C8H14O.C2H6.CH4/c1-2-9-7-4-5-8(6-7)10(9)3-1;1-5-8(4,6-2)10-7(3)9;1-5-3-7-8(9-7)4-6(5)2;1-2;/h7-10H,1-6H2;5-6H2,1-4H3;5-8H,3-4H2,1-2H3;1-2H3;1H4. The Bertz CT molecular complexity index is 511. The number of hydrogen-bond donors (Lipinski definition) is 0. The maximum absolute atomic E-state index is 10.6. The van der Waals surface area contributed by atoms with Crippen molar-refractivity contribution in [3.05, 3.63) is 0 Å². The third kappa shape index (κ3) is 7.74. The van der Waals surface area contributed by atoms with Crippen LogP contribution < -0.4 is 0 Å². The fourth-order valence-electron chi connectivity index (χ4n) is 6.55. The average Bonchev–Trinajstić information content (AvgIpc) is 3.15. The molecule has 3 heteroatoms. The monoisotopic (exact) mass is 452 g/mol. The molecule has 5 aliphatic rings. The lowest BCUT2D eigenvalue weighted by atomic mass is 9.82. The van der Waals surface area contributed by atoms with E-state index >= 15 is 0 Å². The van der Waals surface area contributed by atoms with Gasteiger partial charge in [0.05, 0.1) is 12.2 Å². The maximum Gasteiger partial charge on any atom is 0.303 e. The van der Waals surface area contributed by atoms with E-state index in [0.29, 0.717) is 12.2 Å². The Hall–Kier alpha value is -0.570. The number of epoxide rings is 1. The summed E-state index contributed by atoms with van der Waals surface area (Å²) in [5.41, 5.74) is -0.244. The number of fused-ring (bicyclic) bond motifs is 6. The van der Waals surface area contributed by atoms with Crippen molar-refractivity contribution in [2.24, 2.45) is 35.5 Å². The molecule has 2 bridgehead atoms. The molecule has 0 aromatic carbocycles. The van der Waals surface area contributed by atoms with E-state index in [1.165, 1.54) is 43.4 Å². The minimum Gasteiger partial charge on any atom is -0.460 e. The first-order chi connectivity index (χ1) is 14.8. The third-order valence-electron chi connectivity index (χ3n) is 9.10. The first-order valence-corrected chi connectivity index (χ1v) is 13.6. The van der Waals surface area contributed by atoms with E-state index in [-0.39, 0.29) is 19.0 Å². The quantitative estimate of drug-likeness (QED) is 0.318. The minimum absolute atomic E-state index is 0. The zero-order valence-electron chi connectivity index (χ0n) is 21.9. The molecule has 4 aliphatic carbocycles. The van der Waals surface area contributed by atoms with Gasteiger partial charge in [-0.3, -0.25) is 4.79 Å². The summed E-state index contributed by atoms with van der Waals surface area (Å²) in [6.45, 7) is 16.1. The summed E-state index contributed by atoms with van der Waals surface area (Å²) < 4.78 is 10.5. The Morgan fingerprint density at radius 1 is 0.875 bits per heavy atom. The molecule has 0 N–H and O–H groups in total. The highest BCUT2D eigenvalue weighted by molar-refractivity contribution is 5.66. The largest absolute Gasteiger partial charge is 0.460 e. The summed E-state index contributed by atoms with van der Waals surface area (Å²) in [6, 6.07) is 0. The summed E-state index contributed by atoms with van der Waals surface area (Å²) in [6.07, 6.45) is 15.2. The van der Waals surface area contributed by atoms with Crippen LogP contribution in [0.3, 0.4) is 0 Å². The van der Waals surface area contributed by atoms with E-state index in [1.807, 2.05) is 34.6 Å². The average molecular weight is 453 g/mol. The summed E-state index contributed by atoms with van der Waals surface area (Å²) in [7, 11) is 0. The second kappa shape index (κ2) is 13.4. The van der Waals surface area contributed by atoms with Crippen LogP contribution in [0.4, 0.5) is 0 Å². The van der Waals surface area contributed by atoms with E-state index in [0.717, 1.165) is 24.7 Å². The van der Waals surface area contributed by atoms with Gasteiger partial charge in [-0.2, -0.15) is 0 Å². The fraction of sp³-hybridized carbons (Fsp3) is 0.966. The van der Waals surface area contributed by atoms with Crippen molar-refractivity contribution in [3.8, 4) is 0 Å². The van der Waals surface area contributed by atoms with Gasteiger partial charge in [-0.1, -0.05) is 55.4 Å². The van der Waals surface area contributed by atoms with E-state index in [9.17, 15) is 4.79 Å². The molecule has 0 aromatic rings. The Balaban J connectivity index is 0.000000228. The van der Waals surface area contributed by atoms with Crippen LogP contribution in [0, 0.1) is 35.5 Å². The first kappa shape index (κ1) is 29.5. The molecule has 5 rings (SSSR count). The van der Waals surface area contributed by atoms with E-state index < -0.39 is 0 Å². The zero-order valence-corrected chi connectivity index (χ0v) is 21.9. The summed E-state index contributed by atoms with van der Waals surface area (Å²) in [5, 5.41) is 0. The molecule has 8 unspecified atom stereocenters. The lowest BCUT2D eigenvalue weighted by molar-refractivity contribution is -0.155. The van der Waals surface area contributed by atoms with Crippen molar-refractivity contribution in [1.82, 2.24) is 0 Å². The molecule has 4 saturated carbocycles. The number of ether oxygens (including phenoxy) is 2. The summed E-state index contributed by atoms with van der Waals surface area (Å²) in [4.78, 5) is 10.6. The van der Waals surface area contributed by atoms with Crippen LogP contribution in [-0.2, 0) is 14.3 Å². The van der Waals surface area contributed by atoms with Crippen molar-refractivity contribution >= 4 is 5.97 Å². The van der Waals surface area contributed by atoms with Crippen LogP contribution in [0.25, 0.3) is 0 Å². The Morgan fingerprint density at radius 2 is 1.31 bits per heavy atom. The highest BCUT2D eigenvalue weighted by Crippen LogP contribution is 2.58. The van der Waals surface area contributed by atoms with Crippen LogP contribution in [0.2, 0.25) is 0 Å². The molecule has 1 saturated heterocycles. The molecule has 8 atom stereocenters. The number of esters is 1. The Kier molecular flexibility index (Phi) is 12.3. The van der Waals surface area contributed by atoms with Gasteiger partial charge in [0.2, 0.25) is 0 Å². The van der Waals surface area contributed by atoms with Crippen molar-refractivity contribution in [1.29, 1.82) is 0 Å². The molecular formula is C29H56O3. The molecule has 1 heterocycles. The Morgan fingerprint density at radius 3 is 1.66 bits per heavy atom. The van der Waals surface area contributed by atoms with Crippen LogP contribution in [0.1, 0.15) is 127 Å². The van der Waals surface area contributed by atoms with Gasteiger partial charge in [-0.05, 0) is 100 Å². The van der Waals surface area contributed by atoms with Gasteiger partial charge >= 0.3 is 5.97 Å². The molecule has 1 aliphatic heterocycles. The van der Waals surface area contributed by atoms with Crippen LogP contribution >= 0.6 is 0 Å². The molecule has 0 spiro atoms. The van der Waals surface area contributed by atoms with Crippen LogP contribution in [-0.4, -0.2) is 23.8 Å². The normalized spacial score (nSPS) is 37.6. The summed E-state index contributed by atoms with van der Waals surface area (Å²) in [5.74, 6) is 6.40. The number of hydrogen-bond acceptors (Lipinski definition) is 3. The smallest absolute Gasteiger partial charge is 0.303 e. The van der Waals surface area contributed by atoms with Gasteiger partial charge in [0.25, 0.3) is 0 Å². The molecule has 0 radical (unpaired) electrons. The van der Waals surface area contributed by atoms with Crippen molar-refractivity contribution in [2.75, 3.05) is 0 Å². The molecule has 190 valence electrons. The lowest BCUT2D eigenvalue weighted by Gasteiger charge is -2.25. The first-order valence-electron chi connectivity index (χ1n) is 13.6. The van der Waals surface area contributed by atoms with Crippen LogP contribution in [0.15, 0.2) is 0 Å². The second-order valence-electron chi connectivity index (χ2n) is 11.0. The Labute approximate surface area is 200 Å². The van der Waals surface area contributed by atoms with Gasteiger partial charge in [0, 0.05) is 6.92 Å². The van der Waals surface area contributed by atoms with E-state index in [2.05, 4.69) is 13.8 Å². The van der Waals surface area contributed by atoms with Crippen molar-refractivity contribution in [3.63, 3.8) is 0 Å². The van der Waals surface area contributed by atoms with Crippen molar-refractivity contribution in [2.45, 2.75) is 145 Å². The molecule has 0 amide bonds.